The van der Waals surface area contributed by atoms with Gasteiger partial charge in [0.15, 0.2) is 0 Å². The molecule has 0 aromatic heterocycles. The average molecular weight is 434 g/mol. The maximum Gasteiger partial charge on any atom is 0.0999 e. The summed E-state index contributed by atoms with van der Waals surface area (Å²) >= 11 is 0. The van der Waals surface area contributed by atoms with Gasteiger partial charge in [-0.25, -0.2) is 4.39 Å². The van der Waals surface area contributed by atoms with Crippen LogP contribution in [0.3, 0.4) is 0 Å². The van der Waals surface area contributed by atoms with Crippen LogP contribution in [0.5, 0.6) is 0 Å². The quantitative estimate of drug-likeness (QED) is 0.417. The van der Waals surface area contributed by atoms with Crippen LogP contribution in [0.25, 0.3) is 0 Å². The summed E-state index contributed by atoms with van der Waals surface area (Å²) in [5, 5.41) is 10.2. The van der Waals surface area contributed by atoms with Crippen LogP contribution in [0.4, 0.5) is 4.39 Å². The average Bonchev–Trinajstić information content (AvgIpc) is 3.26. The van der Waals surface area contributed by atoms with Crippen molar-refractivity contribution >= 4 is 0 Å². The molecule has 3 nitrogen and oxygen atoms in total. The van der Waals surface area contributed by atoms with Crippen molar-refractivity contribution in [2.45, 2.75) is 85.9 Å². The lowest BCUT2D eigenvalue weighted by atomic mass is 9.97. The van der Waals surface area contributed by atoms with E-state index in [-0.39, 0.29) is 18.0 Å². The number of aliphatic hydroxyl groups excluding tert-OH is 1. The highest BCUT2D eigenvalue weighted by Gasteiger charge is 2.18. The Bertz CT molecular complexity index is 692. The molecule has 31 heavy (non-hydrogen) atoms. The molecule has 0 aliphatic carbocycles. The Morgan fingerprint density at radius 2 is 1.94 bits per heavy atom. The Hall–Kier alpha value is -1.49. The number of allylic oxidation sites excluding steroid dienone is 4. The normalized spacial score (nSPS) is 17.3. The van der Waals surface area contributed by atoms with Gasteiger partial charge in [-0.1, -0.05) is 55.7 Å². The zero-order valence-electron chi connectivity index (χ0n) is 20.6. The molecule has 0 bridgehead atoms. The molecule has 1 aromatic rings. The Kier molecular flexibility index (Phi) is 13.6. The number of aliphatic hydroxyl groups is 1. The van der Waals surface area contributed by atoms with Crippen LogP contribution < -0.4 is 0 Å². The Labute approximate surface area is 190 Å². The van der Waals surface area contributed by atoms with E-state index in [1.165, 1.54) is 29.5 Å². The number of benzene rings is 1. The molecule has 2 unspecified atom stereocenters. The van der Waals surface area contributed by atoms with Crippen LogP contribution in [0.2, 0.25) is 0 Å². The second kappa shape index (κ2) is 15.3. The van der Waals surface area contributed by atoms with Crippen LogP contribution >= 0.6 is 0 Å². The highest BCUT2D eigenvalue weighted by Crippen LogP contribution is 2.24. The zero-order chi connectivity index (χ0) is 23.2. The van der Waals surface area contributed by atoms with Gasteiger partial charge in [0.2, 0.25) is 0 Å². The lowest BCUT2D eigenvalue weighted by Gasteiger charge is -2.22. The van der Waals surface area contributed by atoms with Gasteiger partial charge >= 0.3 is 0 Å². The molecule has 1 aliphatic rings. The summed E-state index contributed by atoms with van der Waals surface area (Å²) < 4.78 is 18.4. The van der Waals surface area contributed by atoms with E-state index in [1.54, 1.807) is 13.0 Å². The van der Waals surface area contributed by atoms with Gasteiger partial charge in [0, 0.05) is 6.54 Å². The first-order valence-electron chi connectivity index (χ1n) is 11.9. The van der Waals surface area contributed by atoms with E-state index in [2.05, 4.69) is 43.9 Å². The fourth-order valence-corrected chi connectivity index (χ4v) is 3.68. The van der Waals surface area contributed by atoms with Crippen molar-refractivity contribution in [1.82, 2.24) is 4.90 Å². The van der Waals surface area contributed by atoms with Crippen molar-refractivity contribution in [2.75, 3.05) is 26.2 Å². The van der Waals surface area contributed by atoms with Crippen molar-refractivity contribution < 1.29 is 14.2 Å². The minimum atomic E-state index is -0.389. The van der Waals surface area contributed by atoms with E-state index < -0.39 is 0 Å². The van der Waals surface area contributed by atoms with E-state index in [9.17, 15) is 9.50 Å². The first kappa shape index (κ1) is 27.5. The number of ether oxygens (including phenoxy) is 1. The molecule has 1 saturated heterocycles. The summed E-state index contributed by atoms with van der Waals surface area (Å²) in [6.45, 7) is 15.4. The third kappa shape index (κ3) is 11.1. The van der Waals surface area contributed by atoms with Gasteiger partial charge in [0.25, 0.3) is 0 Å². The van der Waals surface area contributed by atoms with Crippen LogP contribution in [-0.4, -0.2) is 42.4 Å². The highest BCUT2D eigenvalue weighted by molar-refractivity contribution is 5.33. The Balaban J connectivity index is 0.000000452. The van der Waals surface area contributed by atoms with Gasteiger partial charge in [-0.05, 0) is 83.7 Å². The molecule has 0 radical (unpaired) electrons. The van der Waals surface area contributed by atoms with E-state index in [4.69, 9.17) is 4.74 Å². The molecule has 1 fully saturated rings. The van der Waals surface area contributed by atoms with Gasteiger partial charge in [-0.15, -0.1) is 0 Å². The van der Waals surface area contributed by atoms with Crippen molar-refractivity contribution in [1.29, 1.82) is 0 Å². The molecule has 176 valence electrons. The summed E-state index contributed by atoms with van der Waals surface area (Å²) in [5.74, 6) is -0.0504. The number of halogens is 1. The molecule has 1 heterocycles. The van der Waals surface area contributed by atoms with Gasteiger partial charge in [0.05, 0.1) is 24.6 Å². The minimum Gasteiger partial charge on any atom is -0.389 e. The second-order valence-corrected chi connectivity index (χ2v) is 8.57. The Morgan fingerprint density at radius 1 is 1.26 bits per heavy atom. The van der Waals surface area contributed by atoms with Crippen molar-refractivity contribution in [3.05, 3.63) is 58.4 Å². The van der Waals surface area contributed by atoms with Crippen LogP contribution in [0, 0.1) is 6.92 Å². The Morgan fingerprint density at radius 3 is 2.52 bits per heavy atom. The molecule has 0 amide bonds. The maximum atomic E-state index is 12.4. The van der Waals surface area contributed by atoms with Gasteiger partial charge in [-0.2, -0.15) is 0 Å². The number of aryl methyl sites for hydroxylation is 2. The molecule has 2 atom stereocenters. The minimum absolute atomic E-state index is 0.0367. The first-order valence-corrected chi connectivity index (χ1v) is 11.9. The van der Waals surface area contributed by atoms with E-state index in [1.807, 2.05) is 19.9 Å². The van der Waals surface area contributed by atoms with Crippen LogP contribution in [-0.2, 0) is 11.2 Å². The summed E-state index contributed by atoms with van der Waals surface area (Å²) in [5.41, 5.74) is 4.89. The molecular formula is C27H44FNO2. The monoisotopic (exact) mass is 433 g/mol. The molecule has 2 rings (SSSR count). The number of β-amino-alcohol motifs (C(OH)–C–C–N with tert-alkyl or cyclic N) is 1. The first-order chi connectivity index (χ1) is 14.8. The van der Waals surface area contributed by atoms with E-state index >= 15 is 0 Å². The van der Waals surface area contributed by atoms with Crippen molar-refractivity contribution in [2.24, 2.45) is 0 Å². The van der Waals surface area contributed by atoms with Gasteiger partial charge in [0.1, 0.15) is 0 Å². The third-order valence-electron chi connectivity index (χ3n) is 5.64. The number of rotatable bonds is 10. The maximum absolute atomic E-state index is 12.4. The highest BCUT2D eigenvalue weighted by atomic mass is 19.1. The molecule has 0 saturated carbocycles. The van der Waals surface area contributed by atoms with E-state index in [0.29, 0.717) is 13.0 Å². The smallest absolute Gasteiger partial charge is 0.0999 e. The van der Waals surface area contributed by atoms with Crippen LogP contribution in [0.1, 0.15) is 83.1 Å². The topological polar surface area (TPSA) is 32.7 Å². The zero-order valence-corrected chi connectivity index (χ0v) is 20.6. The summed E-state index contributed by atoms with van der Waals surface area (Å²) in [6.07, 6.45) is 8.32. The fourth-order valence-electron chi connectivity index (χ4n) is 3.68. The molecule has 0 spiro atoms. The summed E-state index contributed by atoms with van der Waals surface area (Å²) in [7, 11) is 0. The second-order valence-electron chi connectivity index (χ2n) is 8.57. The predicted molar refractivity (Wildman–Crippen MR) is 130 cm³/mol. The molecule has 1 N–H and O–H groups in total. The molecular weight excluding hydrogens is 389 g/mol. The van der Waals surface area contributed by atoms with Gasteiger partial charge < -0.3 is 14.7 Å². The lowest BCUT2D eigenvalue weighted by molar-refractivity contribution is -0.0136. The predicted octanol–water partition coefficient (Wildman–Crippen LogP) is 6.70. The standard InChI is InChI=1S/C19H31NO2.C8H13F/c1-4-7-17-9-8-15(2)12-19(17)16(3)22-14-18(21)13-20-10-5-6-11-20;1-4-7(3)6-8(9)5-2/h8-9,12,16,18,21H,4-7,10-11,13-14H2,1-3H3;4,6H,5H2,1-3H3/b;7-4-,8-6+. The largest absolute Gasteiger partial charge is 0.389 e. The lowest BCUT2D eigenvalue weighted by Crippen LogP contribution is -2.33. The molecule has 1 aromatic carbocycles. The van der Waals surface area contributed by atoms with Crippen molar-refractivity contribution in [3.8, 4) is 0 Å². The molecule has 1 aliphatic heterocycles. The van der Waals surface area contributed by atoms with E-state index in [0.717, 1.165) is 38.0 Å². The summed E-state index contributed by atoms with van der Waals surface area (Å²) in [6, 6.07) is 6.61. The van der Waals surface area contributed by atoms with Crippen LogP contribution in [0.15, 0.2) is 41.8 Å². The number of hydrogen-bond donors (Lipinski definition) is 1. The van der Waals surface area contributed by atoms with Gasteiger partial charge in [-0.3, -0.25) is 0 Å². The number of likely N-dealkylation sites (tertiary alicyclic amines) is 1. The third-order valence-corrected chi connectivity index (χ3v) is 5.64. The fraction of sp³-hybridized carbons (Fsp3) is 0.630. The van der Waals surface area contributed by atoms with Crippen molar-refractivity contribution in [3.63, 3.8) is 0 Å². The molecule has 4 heteroatoms. The SMILES string of the molecule is C/C=C(C)\C=C(\F)CC.CCCc1ccc(C)cc1C(C)OCC(O)CN1CCCC1. The number of hydrogen-bond acceptors (Lipinski definition) is 3. The summed E-state index contributed by atoms with van der Waals surface area (Å²) in [4.78, 5) is 2.33. The number of nitrogens with zero attached hydrogens (tertiary/aromatic N) is 1.